The fourth-order valence-electron chi connectivity index (χ4n) is 1.84. The highest BCUT2D eigenvalue weighted by molar-refractivity contribution is 9.09. The second kappa shape index (κ2) is 8.72. The molecule has 2 atom stereocenters. The molecule has 14 heavy (non-hydrogen) atoms. The monoisotopic (exact) mass is 263 g/mol. The first-order valence-corrected chi connectivity index (χ1v) is 7.11. The Morgan fingerprint density at radius 3 is 2.21 bits per heavy atom. The number of halogens is 1. The molecule has 0 saturated heterocycles. The van der Waals surface area contributed by atoms with E-state index in [4.69, 9.17) is 0 Å². The standard InChI is InChI=1S/C12H26BrN/c1-5-8-12(9-13)10-14(7-3)11(4)6-2/h11-12H,5-10H2,1-4H3. The molecule has 0 radical (unpaired) electrons. The van der Waals surface area contributed by atoms with Crippen molar-refractivity contribution in [2.24, 2.45) is 5.92 Å². The van der Waals surface area contributed by atoms with Crippen molar-refractivity contribution in [1.82, 2.24) is 4.90 Å². The third kappa shape index (κ3) is 5.35. The van der Waals surface area contributed by atoms with E-state index < -0.39 is 0 Å². The van der Waals surface area contributed by atoms with Gasteiger partial charge in [-0.05, 0) is 32.2 Å². The summed E-state index contributed by atoms with van der Waals surface area (Å²) >= 11 is 3.62. The Hall–Kier alpha value is 0.440. The maximum absolute atomic E-state index is 3.62. The molecule has 0 aromatic carbocycles. The zero-order chi connectivity index (χ0) is 11.0. The van der Waals surface area contributed by atoms with Gasteiger partial charge in [0.15, 0.2) is 0 Å². The molecule has 0 aliphatic heterocycles. The molecular weight excluding hydrogens is 238 g/mol. The van der Waals surface area contributed by atoms with Gasteiger partial charge in [-0.2, -0.15) is 0 Å². The van der Waals surface area contributed by atoms with Crippen molar-refractivity contribution < 1.29 is 0 Å². The average Bonchev–Trinajstić information content (AvgIpc) is 2.23. The van der Waals surface area contributed by atoms with Gasteiger partial charge in [0.1, 0.15) is 0 Å². The Kier molecular flexibility index (Phi) is 9.00. The molecule has 2 heteroatoms. The van der Waals surface area contributed by atoms with Crippen LogP contribution in [0.15, 0.2) is 0 Å². The van der Waals surface area contributed by atoms with Gasteiger partial charge in [0.25, 0.3) is 0 Å². The van der Waals surface area contributed by atoms with Crippen molar-refractivity contribution in [3.63, 3.8) is 0 Å². The van der Waals surface area contributed by atoms with Crippen LogP contribution in [0.1, 0.15) is 47.0 Å². The summed E-state index contributed by atoms with van der Waals surface area (Å²) in [5, 5.41) is 1.15. The van der Waals surface area contributed by atoms with E-state index in [1.807, 2.05) is 0 Å². The molecule has 0 aliphatic carbocycles. The zero-order valence-corrected chi connectivity index (χ0v) is 11.8. The van der Waals surface area contributed by atoms with Crippen molar-refractivity contribution in [2.75, 3.05) is 18.4 Å². The maximum atomic E-state index is 3.62. The van der Waals surface area contributed by atoms with Gasteiger partial charge in [-0.1, -0.05) is 43.1 Å². The van der Waals surface area contributed by atoms with Gasteiger partial charge in [-0.3, -0.25) is 0 Å². The molecule has 2 unspecified atom stereocenters. The van der Waals surface area contributed by atoms with E-state index in [2.05, 4.69) is 48.5 Å². The van der Waals surface area contributed by atoms with Crippen molar-refractivity contribution in [2.45, 2.75) is 53.0 Å². The Morgan fingerprint density at radius 1 is 1.21 bits per heavy atom. The summed E-state index contributed by atoms with van der Waals surface area (Å²) in [5.41, 5.74) is 0. The summed E-state index contributed by atoms with van der Waals surface area (Å²) in [4.78, 5) is 2.60. The minimum absolute atomic E-state index is 0.735. The minimum Gasteiger partial charge on any atom is -0.301 e. The van der Waals surface area contributed by atoms with Crippen molar-refractivity contribution in [1.29, 1.82) is 0 Å². The average molecular weight is 264 g/mol. The third-order valence-corrected chi connectivity index (χ3v) is 3.94. The predicted molar refractivity (Wildman–Crippen MR) is 69.2 cm³/mol. The van der Waals surface area contributed by atoms with Gasteiger partial charge in [0.05, 0.1) is 0 Å². The van der Waals surface area contributed by atoms with Crippen LogP contribution < -0.4 is 0 Å². The lowest BCUT2D eigenvalue weighted by molar-refractivity contribution is 0.184. The molecule has 0 heterocycles. The van der Waals surface area contributed by atoms with Crippen molar-refractivity contribution in [3.8, 4) is 0 Å². The summed E-state index contributed by atoms with van der Waals surface area (Å²) in [7, 11) is 0. The fraction of sp³-hybridized carbons (Fsp3) is 1.00. The van der Waals surface area contributed by atoms with E-state index in [-0.39, 0.29) is 0 Å². The summed E-state index contributed by atoms with van der Waals surface area (Å²) in [5.74, 6) is 0.828. The normalized spacial score (nSPS) is 15.9. The lowest BCUT2D eigenvalue weighted by atomic mass is 10.0. The van der Waals surface area contributed by atoms with Crippen LogP contribution in [0.3, 0.4) is 0 Å². The highest BCUT2D eigenvalue weighted by Crippen LogP contribution is 2.14. The molecule has 0 amide bonds. The van der Waals surface area contributed by atoms with Crippen LogP contribution in [-0.4, -0.2) is 29.4 Å². The van der Waals surface area contributed by atoms with Crippen LogP contribution in [0.5, 0.6) is 0 Å². The number of rotatable bonds is 8. The van der Waals surface area contributed by atoms with Crippen molar-refractivity contribution >= 4 is 15.9 Å². The fourth-order valence-corrected chi connectivity index (χ4v) is 2.36. The lowest BCUT2D eigenvalue weighted by Gasteiger charge is -2.30. The van der Waals surface area contributed by atoms with E-state index >= 15 is 0 Å². The Labute approximate surface area is 98.4 Å². The quantitative estimate of drug-likeness (QED) is 0.601. The summed E-state index contributed by atoms with van der Waals surface area (Å²) in [6, 6.07) is 0.735. The maximum Gasteiger partial charge on any atom is 0.00718 e. The first-order valence-electron chi connectivity index (χ1n) is 5.99. The molecule has 0 rings (SSSR count). The van der Waals surface area contributed by atoms with Gasteiger partial charge in [0, 0.05) is 17.9 Å². The van der Waals surface area contributed by atoms with Crippen LogP contribution >= 0.6 is 15.9 Å². The molecule has 0 spiro atoms. The van der Waals surface area contributed by atoms with Crippen molar-refractivity contribution in [3.05, 3.63) is 0 Å². The molecule has 0 fully saturated rings. The van der Waals surface area contributed by atoms with Crippen LogP contribution in [0, 0.1) is 5.92 Å². The Bertz CT molecular complexity index is 127. The first-order chi connectivity index (χ1) is 6.69. The summed E-state index contributed by atoms with van der Waals surface area (Å²) in [6.45, 7) is 11.6. The SMILES string of the molecule is CCCC(CBr)CN(CC)C(C)CC. The van der Waals surface area contributed by atoms with Gasteiger partial charge < -0.3 is 4.90 Å². The highest BCUT2D eigenvalue weighted by Gasteiger charge is 2.15. The number of hydrogen-bond acceptors (Lipinski definition) is 1. The molecule has 1 nitrogen and oxygen atoms in total. The van der Waals surface area contributed by atoms with Gasteiger partial charge in [-0.15, -0.1) is 0 Å². The molecule has 0 aromatic rings. The second-order valence-corrected chi connectivity index (χ2v) is 4.80. The largest absolute Gasteiger partial charge is 0.301 e. The molecular formula is C12H26BrN. The predicted octanol–water partition coefficient (Wildman–Crippen LogP) is 3.92. The molecule has 0 N–H and O–H groups in total. The smallest absolute Gasteiger partial charge is 0.00718 e. The topological polar surface area (TPSA) is 3.24 Å². The first kappa shape index (κ1) is 14.4. The number of nitrogens with zero attached hydrogens (tertiary/aromatic N) is 1. The molecule has 86 valence electrons. The van der Waals surface area contributed by atoms with E-state index in [0.717, 1.165) is 17.3 Å². The van der Waals surface area contributed by atoms with Gasteiger partial charge in [-0.25, -0.2) is 0 Å². The molecule has 0 bridgehead atoms. The number of hydrogen-bond donors (Lipinski definition) is 0. The van der Waals surface area contributed by atoms with Crippen LogP contribution in [0.4, 0.5) is 0 Å². The molecule has 0 aromatic heterocycles. The Balaban J connectivity index is 3.99. The van der Waals surface area contributed by atoms with Gasteiger partial charge >= 0.3 is 0 Å². The van der Waals surface area contributed by atoms with E-state index in [0.29, 0.717) is 0 Å². The summed E-state index contributed by atoms with van der Waals surface area (Å²) < 4.78 is 0. The third-order valence-electron chi connectivity index (χ3n) is 3.03. The molecule has 0 aliphatic rings. The van der Waals surface area contributed by atoms with E-state index in [1.54, 1.807) is 0 Å². The van der Waals surface area contributed by atoms with E-state index in [1.165, 1.54) is 32.4 Å². The Morgan fingerprint density at radius 2 is 1.86 bits per heavy atom. The lowest BCUT2D eigenvalue weighted by Crippen LogP contribution is -2.37. The van der Waals surface area contributed by atoms with Crippen LogP contribution in [0.25, 0.3) is 0 Å². The van der Waals surface area contributed by atoms with E-state index in [9.17, 15) is 0 Å². The minimum atomic E-state index is 0.735. The van der Waals surface area contributed by atoms with Crippen LogP contribution in [0.2, 0.25) is 0 Å². The number of alkyl halides is 1. The second-order valence-electron chi connectivity index (χ2n) is 4.15. The van der Waals surface area contributed by atoms with Gasteiger partial charge in [0.2, 0.25) is 0 Å². The van der Waals surface area contributed by atoms with Crippen LogP contribution in [-0.2, 0) is 0 Å². The zero-order valence-electron chi connectivity index (χ0n) is 10.2. The summed E-state index contributed by atoms with van der Waals surface area (Å²) in [6.07, 6.45) is 3.90. The highest BCUT2D eigenvalue weighted by atomic mass is 79.9. The molecule has 0 saturated carbocycles.